The van der Waals surface area contributed by atoms with Crippen LogP contribution in [0.2, 0.25) is 0 Å². The Bertz CT molecular complexity index is 1840. The van der Waals surface area contributed by atoms with Crippen LogP contribution in [0.4, 0.5) is 26.3 Å². The van der Waals surface area contributed by atoms with Gasteiger partial charge in [0.15, 0.2) is 5.79 Å². The van der Waals surface area contributed by atoms with Gasteiger partial charge in [-0.1, -0.05) is 102 Å². The van der Waals surface area contributed by atoms with Crippen LogP contribution in [0.15, 0.2) is 0 Å². The van der Waals surface area contributed by atoms with Crippen LogP contribution < -0.4 is 0 Å². The zero-order chi connectivity index (χ0) is 65.7. The smallest absolute Gasteiger partial charge is 0.346 e. The van der Waals surface area contributed by atoms with E-state index in [1.807, 2.05) is 60.3 Å². The quantitative estimate of drug-likeness (QED) is 0.179. The third-order valence-electron chi connectivity index (χ3n) is 23.2. The molecule has 7 aliphatic heterocycles. The van der Waals surface area contributed by atoms with Gasteiger partial charge in [-0.3, -0.25) is 29.4 Å². The van der Waals surface area contributed by atoms with Gasteiger partial charge in [-0.05, 0) is 212 Å². The summed E-state index contributed by atoms with van der Waals surface area (Å²) in [6.45, 7) is 59.9. The SMILES string of the molecule is CC(C)[C@@H]1CC(C(F)(F)F)CN1C(C)C.CC(C)[C@@H]1CC2(CC2)CN1C(C)C.CC(C)[C@@H]1CC2(CCC2)CN1C(C)C.CC(C)[C@@H]1CC2(CCCC2)CN1C(C)C.CC(C)[C@@H]1CC2(CN1C(C)C)OCCO2.CC(C)[C@@H]1CCC(C(F)(F)F)N1C(C)C. The first kappa shape index (κ1) is 77.0. The summed E-state index contributed by atoms with van der Waals surface area (Å²) in [6.07, 6.45) is 12.0. The third-order valence-corrected chi connectivity index (χ3v) is 23.2. The molecule has 87 heavy (non-hydrogen) atoms. The second-order valence-electron chi connectivity index (χ2n) is 33.9. The summed E-state index contributed by atoms with van der Waals surface area (Å²) < 4.78 is 87.7. The Labute approximate surface area is 532 Å². The first-order valence-corrected chi connectivity index (χ1v) is 36.1. The Hall–Kier alpha value is -0.740. The molecule has 0 aromatic rings. The van der Waals surface area contributed by atoms with Gasteiger partial charge < -0.3 is 9.47 Å². The van der Waals surface area contributed by atoms with Gasteiger partial charge in [0.05, 0.1) is 25.7 Å². The Morgan fingerprint density at radius 3 is 0.931 bits per heavy atom. The molecule has 0 aromatic heterocycles. The van der Waals surface area contributed by atoms with Crippen molar-refractivity contribution >= 4 is 0 Å². The lowest BCUT2D eigenvalue weighted by molar-refractivity contribution is -0.184. The molecule has 0 bridgehead atoms. The van der Waals surface area contributed by atoms with Gasteiger partial charge in [-0.2, -0.15) is 26.3 Å². The predicted molar refractivity (Wildman–Crippen MR) is 353 cm³/mol. The van der Waals surface area contributed by atoms with Crippen LogP contribution in [0.3, 0.4) is 0 Å². The molecular formula is C73H138F6N6O2. The molecule has 8 nitrogen and oxygen atoms in total. The zero-order valence-corrected chi connectivity index (χ0v) is 60.6. The first-order chi connectivity index (χ1) is 40.1. The van der Waals surface area contributed by atoms with E-state index in [4.69, 9.17) is 9.47 Å². The van der Waals surface area contributed by atoms with Crippen molar-refractivity contribution in [3.63, 3.8) is 0 Å². The largest absolute Gasteiger partial charge is 0.404 e. The molecule has 0 aromatic carbocycles. The highest BCUT2D eigenvalue weighted by Crippen LogP contribution is 2.57. The molecule has 514 valence electrons. The van der Waals surface area contributed by atoms with E-state index in [9.17, 15) is 26.3 Å². The second kappa shape index (κ2) is 31.7. The van der Waals surface area contributed by atoms with Gasteiger partial charge in [-0.25, -0.2) is 0 Å². The number of nitrogens with zero attached hydrogens (tertiary/aromatic N) is 6. The molecule has 7 heterocycles. The van der Waals surface area contributed by atoms with Crippen LogP contribution in [0, 0.1) is 57.7 Å². The van der Waals surface area contributed by atoms with E-state index in [1.54, 1.807) is 4.90 Å². The highest BCUT2D eigenvalue weighted by Gasteiger charge is 2.55. The second-order valence-corrected chi connectivity index (χ2v) is 33.9. The Balaban J connectivity index is 0.000000190. The van der Waals surface area contributed by atoms with Gasteiger partial charge in [0.25, 0.3) is 0 Å². The summed E-state index contributed by atoms with van der Waals surface area (Å²) in [5, 5.41) is 0. The van der Waals surface area contributed by atoms with Crippen LogP contribution in [0.25, 0.3) is 0 Å². The lowest BCUT2D eigenvalue weighted by Gasteiger charge is -2.38. The molecule has 0 radical (unpaired) electrons. The number of hydrogen-bond donors (Lipinski definition) is 0. The van der Waals surface area contributed by atoms with Crippen molar-refractivity contribution in [2.45, 2.75) is 366 Å². The lowest BCUT2D eigenvalue weighted by atomic mass is 9.67. The molecule has 10 aliphatic rings. The molecule has 8 atom stereocenters. The van der Waals surface area contributed by atoms with Crippen molar-refractivity contribution in [2.75, 3.05) is 45.9 Å². The lowest BCUT2D eigenvalue weighted by Crippen LogP contribution is -2.49. The minimum atomic E-state index is -4.08. The number of hydrogen-bond acceptors (Lipinski definition) is 8. The van der Waals surface area contributed by atoms with Crippen molar-refractivity contribution in [2.24, 2.45) is 57.7 Å². The maximum absolute atomic E-state index is 12.8. The maximum atomic E-state index is 12.8. The van der Waals surface area contributed by atoms with Gasteiger partial charge in [0.1, 0.15) is 6.04 Å². The third kappa shape index (κ3) is 20.2. The minimum absolute atomic E-state index is 0.0356. The van der Waals surface area contributed by atoms with Crippen molar-refractivity contribution < 1.29 is 35.8 Å². The summed E-state index contributed by atoms with van der Waals surface area (Å²) in [7, 11) is 0. The Kier molecular flexibility index (Phi) is 28.0. The van der Waals surface area contributed by atoms with Crippen LogP contribution in [0.5, 0.6) is 0 Å². The Morgan fingerprint density at radius 2 is 0.678 bits per heavy atom. The van der Waals surface area contributed by atoms with Gasteiger partial charge >= 0.3 is 12.4 Å². The fraction of sp³-hybridized carbons (Fsp3) is 1.00. The summed E-state index contributed by atoms with van der Waals surface area (Å²) >= 11 is 0. The van der Waals surface area contributed by atoms with E-state index in [1.165, 1.54) is 96.7 Å². The molecule has 3 aliphatic carbocycles. The fourth-order valence-corrected chi connectivity index (χ4v) is 17.8. The number of alkyl halides is 6. The highest BCUT2D eigenvalue weighted by molar-refractivity contribution is 5.07. The van der Waals surface area contributed by atoms with Crippen molar-refractivity contribution in [1.82, 2.24) is 29.4 Å². The number of likely N-dealkylation sites (tertiary alicyclic amines) is 6. The molecule has 10 fully saturated rings. The predicted octanol–water partition coefficient (Wildman–Crippen LogP) is 18.5. The first-order valence-electron chi connectivity index (χ1n) is 36.1. The summed E-state index contributed by atoms with van der Waals surface area (Å²) in [5.41, 5.74) is 2.25. The monoisotopic (exact) mass is 1250 g/mol. The molecule has 14 heteroatoms. The molecule has 4 spiro atoms. The Morgan fingerprint density at radius 1 is 0.345 bits per heavy atom. The van der Waals surface area contributed by atoms with E-state index < -0.39 is 24.3 Å². The number of rotatable bonds is 12. The topological polar surface area (TPSA) is 37.9 Å². The standard InChI is InChI=1S/C14H27N.C13H25N.C12H23NO2.C12H23N.2C11H20F3N/c1-11(2)13-9-14(7-5-6-8-14)10-15(13)12(3)4;1-10(2)12-8-13(6-5-7-13)9-14(12)11(3)4;1-9(2)11-7-12(14-5-6-15-12)8-13(11)10(3)4;1-9(2)11-7-12(5-6-12)8-13(11)10(3)4;1-7(2)10-5-9(11(12,13)14)6-15(10)8(3)4;1-7(2)9-5-6-10(11(12,13)14)15(9)8(3)4/h11-13H,5-10H2,1-4H3;10-12H,5-9H2,1-4H3;9-11H,5-8H2,1-4H3;9-11H,5-8H2,1-4H3;2*7-10H,5-6H2,1-4H3/t13-;12-;2*11-;9?,10-;9-,10?/m000000/s1. The van der Waals surface area contributed by atoms with Crippen molar-refractivity contribution in [3.8, 4) is 0 Å². The van der Waals surface area contributed by atoms with E-state index in [-0.39, 0.29) is 49.3 Å². The molecule has 0 amide bonds. The van der Waals surface area contributed by atoms with E-state index in [0.29, 0.717) is 36.3 Å². The van der Waals surface area contributed by atoms with Gasteiger partial charge in [-0.15, -0.1) is 0 Å². The van der Waals surface area contributed by atoms with E-state index in [2.05, 4.69) is 130 Å². The van der Waals surface area contributed by atoms with E-state index >= 15 is 0 Å². The molecule has 7 saturated heterocycles. The van der Waals surface area contributed by atoms with Crippen LogP contribution in [0.1, 0.15) is 269 Å². The normalized spacial score (nSPS) is 30.8. The molecule has 10 rings (SSSR count). The molecule has 0 N–H and O–H groups in total. The fourth-order valence-electron chi connectivity index (χ4n) is 17.8. The maximum Gasteiger partial charge on any atom is 0.404 e. The highest BCUT2D eigenvalue weighted by atomic mass is 19.4. The van der Waals surface area contributed by atoms with Crippen LogP contribution in [-0.2, 0) is 9.47 Å². The summed E-state index contributed by atoms with van der Waals surface area (Å²) in [6, 6.07) is 5.05. The summed E-state index contributed by atoms with van der Waals surface area (Å²) in [4.78, 5) is 14.4. The minimum Gasteiger partial charge on any atom is -0.346 e. The molecule has 3 saturated carbocycles. The van der Waals surface area contributed by atoms with E-state index in [0.717, 1.165) is 96.4 Å². The van der Waals surface area contributed by atoms with Crippen molar-refractivity contribution in [3.05, 3.63) is 0 Å². The molecule has 2 unspecified atom stereocenters. The number of halogens is 6. The summed E-state index contributed by atoms with van der Waals surface area (Å²) in [5.74, 6) is 2.33. The molecular weight excluding hydrogens is 1110 g/mol. The van der Waals surface area contributed by atoms with Crippen molar-refractivity contribution in [1.29, 1.82) is 0 Å². The van der Waals surface area contributed by atoms with Gasteiger partial charge in [0.2, 0.25) is 0 Å². The van der Waals surface area contributed by atoms with Crippen LogP contribution in [-0.4, -0.2) is 172 Å². The van der Waals surface area contributed by atoms with Gasteiger partial charge in [0, 0.05) is 105 Å². The average Bonchev–Trinajstić information content (AvgIpc) is 1.69. The average molecular weight is 1250 g/mol. The van der Waals surface area contributed by atoms with Crippen LogP contribution >= 0.6 is 0 Å². The zero-order valence-electron chi connectivity index (χ0n) is 60.6. The number of ether oxygens (including phenoxy) is 2.